The SMILES string of the molecule is CCC1CSc2cc(S(=O)(=O)O)ccc21. The summed E-state index contributed by atoms with van der Waals surface area (Å²) in [5.74, 6) is 1.52. The zero-order chi connectivity index (χ0) is 11.1. The van der Waals surface area contributed by atoms with Gasteiger partial charge in [-0.05, 0) is 30.0 Å². The van der Waals surface area contributed by atoms with Crippen molar-refractivity contribution in [3.05, 3.63) is 23.8 Å². The third-order valence-corrected chi connectivity index (χ3v) is 4.74. The Morgan fingerprint density at radius 3 is 2.87 bits per heavy atom. The molecule has 3 nitrogen and oxygen atoms in total. The molecule has 1 atom stereocenters. The summed E-state index contributed by atoms with van der Waals surface area (Å²) in [5.41, 5.74) is 1.20. The monoisotopic (exact) mass is 244 g/mol. The van der Waals surface area contributed by atoms with Gasteiger partial charge in [-0.25, -0.2) is 0 Å². The first-order chi connectivity index (χ1) is 7.02. The zero-order valence-corrected chi connectivity index (χ0v) is 9.94. The van der Waals surface area contributed by atoms with E-state index in [4.69, 9.17) is 4.55 Å². The number of thioether (sulfide) groups is 1. The molecule has 0 aromatic heterocycles. The summed E-state index contributed by atoms with van der Waals surface area (Å²) in [6, 6.07) is 4.85. The molecule has 0 saturated carbocycles. The fourth-order valence-electron chi connectivity index (χ4n) is 1.76. The molecule has 1 aliphatic heterocycles. The molecular weight excluding hydrogens is 232 g/mol. The number of hydrogen-bond acceptors (Lipinski definition) is 3. The first kappa shape index (κ1) is 11.0. The first-order valence-corrected chi connectivity index (χ1v) is 7.19. The van der Waals surface area contributed by atoms with Crippen molar-refractivity contribution in [2.45, 2.75) is 29.1 Å². The highest BCUT2D eigenvalue weighted by Gasteiger charge is 2.23. The van der Waals surface area contributed by atoms with Crippen LogP contribution in [0.15, 0.2) is 28.0 Å². The van der Waals surface area contributed by atoms with E-state index in [2.05, 4.69) is 6.92 Å². The second-order valence-corrected chi connectivity index (χ2v) is 6.07. The highest BCUT2D eigenvalue weighted by Crippen LogP contribution is 2.41. The Balaban J connectivity index is 2.46. The van der Waals surface area contributed by atoms with E-state index in [9.17, 15) is 8.42 Å². The molecule has 1 N–H and O–H groups in total. The van der Waals surface area contributed by atoms with E-state index in [1.807, 2.05) is 6.07 Å². The fourth-order valence-corrected chi connectivity index (χ4v) is 3.74. The zero-order valence-electron chi connectivity index (χ0n) is 8.30. The summed E-state index contributed by atoms with van der Waals surface area (Å²) >= 11 is 1.66. The topological polar surface area (TPSA) is 54.4 Å². The molecule has 15 heavy (non-hydrogen) atoms. The Bertz CT molecular complexity index is 479. The Morgan fingerprint density at radius 1 is 1.53 bits per heavy atom. The molecule has 1 aliphatic rings. The summed E-state index contributed by atoms with van der Waals surface area (Å²) < 4.78 is 30.8. The van der Waals surface area contributed by atoms with Gasteiger partial charge >= 0.3 is 0 Å². The van der Waals surface area contributed by atoms with Crippen LogP contribution in [0.5, 0.6) is 0 Å². The van der Waals surface area contributed by atoms with Crippen molar-refractivity contribution in [3.63, 3.8) is 0 Å². The summed E-state index contributed by atoms with van der Waals surface area (Å²) in [6.07, 6.45) is 1.06. The van der Waals surface area contributed by atoms with E-state index in [-0.39, 0.29) is 4.90 Å². The second-order valence-electron chi connectivity index (χ2n) is 3.59. The Kier molecular flexibility index (Phi) is 2.79. The molecule has 82 valence electrons. The quantitative estimate of drug-likeness (QED) is 0.812. The highest BCUT2D eigenvalue weighted by atomic mass is 32.2. The molecule has 0 bridgehead atoms. The maximum absolute atomic E-state index is 10.9. The van der Waals surface area contributed by atoms with Crippen LogP contribution in [0.3, 0.4) is 0 Å². The maximum atomic E-state index is 10.9. The Morgan fingerprint density at radius 2 is 2.27 bits per heavy atom. The molecular formula is C10H12O3S2. The third-order valence-electron chi connectivity index (χ3n) is 2.66. The lowest BCUT2D eigenvalue weighted by atomic mass is 9.99. The lowest BCUT2D eigenvalue weighted by molar-refractivity contribution is 0.483. The minimum absolute atomic E-state index is 0.00879. The van der Waals surface area contributed by atoms with Gasteiger partial charge in [0.15, 0.2) is 0 Å². The van der Waals surface area contributed by atoms with Gasteiger partial charge in [-0.2, -0.15) is 8.42 Å². The molecule has 1 unspecified atom stereocenters. The predicted octanol–water partition coefficient (Wildman–Crippen LogP) is 2.53. The molecule has 0 radical (unpaired) electrons. The summed E-state index contributed by atoms with van der Waals surface area (Å²) in [6.45, 7) is 2.12. The fraction of sp³-hybridized carbons (Fsp3) is 0.400. The van der Waals surface area contributed by atoms with Crippen LogP contribution in [0.4, 0.5) is 0 Å². The normalized spacial score (nSPS) is 20.3. The van der Waals surface area contributed by atoms with Crippen LogP contribution >= 0.6 is 11.8 Å². The van der Waals surface area contributed by atoms with E-state index < -0.39 is 10.1 Å². The van der Waals surface area contributed by atoms with E-state index >= 15 is 0 Å². The first-order valence-electron chi connectivity index (χ1n) is 4.76. The smallest absolute Gasteiger partial charge is 0.282 e. The lowest BCUT2D eigenvalue weighted by Crippen LogP contribution is -1.99. The van der Waals surface area contributed by atoms with Gasteiger partial charge in [0.05, 0.1) is 4.90 Å². The second kappa shape index (κ2) is 3.81. The molecule has 0 amide bonds. The average Bonchev–Trinajstić information content (AvgIpc) is 2.58. The molecule has 1 aromatic rings. The maximum Gasteiger partial charge on any atom is 0.294 e. The number of rotatable bonds is 2. The minimum atomic E-state index is -4.06. The van der Waals surface area contributed by atoms with Gasteiger partial charge in [0, 0.05) is 10.6 Å². The molecule has 1 heterocycles. The van der Waals surface area contributed by atoms with E-state index in [1.165, 1.54) is 11.6 Å². The van der Waals surface area contributed by atoms with Crippen molar-refractivity contribution in [2.75, 3.05) is 5.75 Å². The molecule has 0 fully saturated rings. The highest BCUT2D eigenvalue weighted by molar-refractivity contribution is 7.99. The van der Waals surface area contributed by atoms with Gasteiger partial charge in [0.25, 0.3) is 10.1 Å². The van der Waals surface area contributed by atoms with Crippen molar-refractivity contribution < 1.29 is 13.0 Å². The van der Waals surface area contributed by atoms with Crippen LogP contribution in [-0.2, 0) is 10.1 Å². The molecule has 1 aromatic carbocycles. The number of benzene rings is 1. The van der Waals surface area contributed by atoms with E-state index in [0.29, 0.717) is 5.92 Å². The van der Waals surface area contributed by atoms with Crippen molar-refractivity contribution in [2.24, 2.45) is 0 Å². The van der Waals surface area contributed by atoms with Crippen molar-refractivity contribution in [1.29, 1.82) is 0 Å². The van der Waals surface area contributed by atoms with Crippen molar-refractivity contribution in [1.82, 2.24) is 0 Å². The van der Waals surface area contributed by atoms with Gasteiger partial charge in [-0.15, -0.1) is 11.8 Å². The van der Waals surface area contributed by atoms with Gasteiger partial charge in [0.1, 0.15) is 0 Å². The van der Waals surface area contributed by atoms with Gasteiger partial charge < -0.3 is 0 Å². The predicted molar refractivity (Wildman–Crippen MR) is 60.0 cm³/mol. The molecule has 0 saturated heterocycles. The van der Waals surface area contributed by atoms with Crippen LogP contribution in [0, 0.1) is 0 Å². The van der Waals surface area contributed by atoms with Crippen LogP contribution in [0.25, 0.3) is 0 Å². The van der Waals surface area contributed by atoms with E-state index in [0.717, 1.165) is 17.1 Å². The van der Waals surface area contributed by atoms with Gasteiger partial charge in [0.2, 0.25) is 0 Å². The van der Waals surface area contributed by atoms with Crippen LogP contribution in [0.1, 0.15) is 24.8 Å². The lowest BCUT2D eigenvalue weighted by Gasteiger charge is -2.06. The molecule has 0 aliphatic carbocycles. The van der Waals surface area contributed by atoms with Gasteiger partial charge in [-0.3, -0.25) is 4.55 Å². The minimum Gasteiger partial charge on any atom is -0.282 e. The summed E-state index contributed by atoms with van der Waals surface area (Å²) in [7, 11) is -4.06. The van der Waals surface area contributed by atoms with Crippen molar-refractivity contribution in [3.8, 4) is 0 Å². The standard InChI is InChI=1S/C10H12O3S2/c1-2-7-6-14-10-5-8(15(11,12)13)3-4-9(7)10/h3-5,7H,2,6H2,1H3,(H,11,12,13). The van der Waals surface area contributed by atoms with Crippen LogP contribution in [0.2, 0.25) is 0 Å². The number of fused-ring (bicyclic) bond motifs is 1. The molecule has 2 rings (SSSR count). The van der Waals surface area contributed by atoms with Gasteiger partial charge in [-0.1, -0.05) is 13.0 Å². The Hall–Kier alpha value is -0.520. The van der Waals surface area contributed by atoms with Crippen LogP contribution in [-0.4, -0.2) is 18.7 Å². The van der Waals surface area contributed by atoms with E-state index in [1.54, 1.807) is 17.8 Å². The molecule has 5 heteroatoms. The van der Waals surface area contributed by atoms with Crippen LogP contribution < -0.4 is 0 Å². The van der Waals surface area contributed by atoms with Crippen molar-refractivity contribution >= 4 is 21.9 Å². The Labute approximate surface area is 93.6 Å². The number of hydrogen-bond donors (Lipinski definition) is 1. The third kappa shape index (κ3) is 2.04. The summed E-state index contributed by atoms with van der Waals surface area (Å²) in [4.78, 5) is 0.975. The summed E-state index contributed by atoms with van der Waals surface area (Å²) in [5, 5.41) is 0. The average molecular weight is 244 g/mol. The largest absolute Gasteiger partial charge is 0.294 e. The molecule has 0 spiro atoms.